The first-order valence-electron chi connectivity index (χ1n) is 12.4. The lowest BCUT2D eigenvalue weighted by molar-refractivity contribution is -0.135. The lowest BCUT2D eigenvalue weighted by atomic mass is 10.1. The summed E-state index contributed by atoms with van der Waals surface area (Å²) in [6, 6.07) is -4.11. The van der Waals surface area contributed by atoms with Crippen LogP contribution in [-0.2, 0) is 28.7 Å². The summed E-state index contributed by atoms with van der Waals surface area (Å²) in [6.45, 7) is 6.78. The number of ketones is 1. The molecule has 0 spiro atoms. The van der Waals surface area contributed by atoms with E-state index in [1.165, 1.54) is 13.8 Å². The minimum Gasteiger partial charge on any atom is -0.391 e. The van der Waals surface area contributed by atoms with Crippen LogP contribution in [0.2, 0.25) is 0 Å². The molecule has 1 aliphatic heterocycles. The van der Waals surface area contributed by atoms with Crippen LogP contribution in [0.25, 0.3) is 0 Å². The van der Waals surface area contributed by atoms with Crippen molar-refractivity contribution in [1.82, 2.24) is 21.3 Å². The van der Waals surface area contributed by atoms with Crippen LogP contribution >= 0.6 is 0 Å². The Labute approximate surface area is 211 Å². The maximum Gasteiger partial charge on any atom is 0.245 e. The van der Waals surface area contributed by atoms with Crippen molar-refractivity contribution in [3.05, 3.63) is 0 Å². The molecule has 13 nitrogen and oxygen atoms in total. The number of carbonyl (C=O) groups is 5. The number of ether oxygens (including phenoxy) is 1. The van der Waals surface area contributed by atoms with E-state index in [9.17, 15) is 29.1 Å². The number of carbonyl (C=O) groups excluding carboxylic acids is 5. The molecule has 206 valence electrons. The highest BCUT2D eigenvalue weighted by Crippen LogP contribution is 2.23. The summed E-state index contributed by atoms with van der Waals surface area (Å²) < 4.78 is 5.16. The molecule has 36 heavy (non-hydrogen) atoms. The van der Waals surface area contributed by atoms with Crippen molar-refractivity contribution in [2.45, 2.75) is 102 Å². The van der Waals surface area contributed by atoms with Crippen LogP contribution in [0.1, 0.15) is 59.8 Å². The summed E-state index contributed by atoms with van der Waals surface area (Å²) in [6.07, 6.45) is 0.0384. The molecule has 0 aromatic heterocycles. The molecule has 0 aliphatic carbocycles. The maximum absolute atomic E-state index is 12.8. The topological polar surface area (TPSA) is 218 Å². The van der Waals surface area contributed by atoms with E-state index in [1.54, 1.807) is 13.8 Å². The van der Waals surface area contributed by atoms with Gasteiger partial charge in [-0.2, -0.15) is 0 Å². The predicted molar refractivity (Wildman–Crippen MR) is 131 cm³/mol. The molecule has 9 N–H and O–H groups in total. The molecule has 1 heterocycles. The van der Waals surface area contributed by atoms with Gasteiger partial charge in [-0.15, -0.1) is 0 Å². The fourth-order valence-corrected chi connectivity index (χ4v) is 3.46. The van der Waals surface area contributed by atoms with Crippen molar-refractivity contribution in [3.8, 4) is 0 Å². The number of rotatable bonds is 17. The molecule has 1 aliphatic rings. The standard InChI is InChI=1S/C23H42N6O7/c1-12(19(32)20-15(4)36-20)26-22(34)16(8-5-6-10-24)28-21(33)13(2)27-23(35)18(14(3)30)29-17(31)9-7-11-25/h12-16,18,20,30H,5-11,24-25H2,1-4H3,(H,26,34)(H,27,35)(H,28,33)(H,29,31). The van der Waals surface area contributed by atoms with Crippen LogP contribution < -0.4 is 32.7 Å². The Morgan fingerprint density at radius 1 is 0.833 bits per heavy atom. The van der Waals surface area contributed by atoms with Crippen molar-refractivity contribution >= 4 is 29.4 Å². The van der Waals surface area contributed by atoms with Crippen LogP contribution in [0.15, 0.2) is 0 Å². The summed E-state index contributed by atoms with van der Waals surface area (Å²) in [5.41, 5.74) is 10.9. The molecule has 0 aromatic rings. The van der Waals surface area contributed by atoms with Gasteiger partial charge in [0.25, 0.3) is 0 Å². The first kappa shape index (κ1) is 31.4. The fraction of sp³-hybridized carbons (Fsp3) is 0.783. The van der Waals surface area contributed by atoms with Crippen LogP contribution in [0.4, 0.5) is 0 Å². The quantitative estimate of drug-likeness (QED) is 0.0809. The first-order chi connectivity index (χ1) is 16.9. The van der Waals surface area contributed by atoms with Crippen molar-refractivity contribution in [3.63, 3.8) is 0 Å². The van der Waals surface area contributed by atoms with Crippen molar-refractivity contribution in [2.75, 3.05) is 13.1 Å². The Hall–Kier alpha value is -2.61. The van der Waals surface area contributed by atoms with Crippen LogP contribution in [0.5, 0.6) is 0 Å². The third-order valence-corrected chi connectivity index (χ3v) is 5.80. The molecule has 1 fully saturated rings. The number of aliphatic hydroxyl groups excluding tert-OH is 1. The van der Waals surface area contributed by atoms with Gasteiger partial charge in [-0.25, -0.2) is 0 Å². The van der Waals surface area contributed by atoms with Gasteiger partial charge in [0.1, 0.15) is 24.2 Å². The van der Waals surface area contributed by atoms with E-state index in [0.717, 1.165) is 0 Å². The smallest absolute Gasteiger partial charge is 0.245 e. The number of amides is 4. The lowest BCUT2D eigenvalue weighted by Crippen LogP contribution is -2.58. The lowest BCUT2D eigenvalue weighted by Gasteiger charge is -2.25. The molecular weight excluding hydrogens is 472 g/mol. The highest BCUT2D eigenvalue weighted by molar-refractivity contribution is 5.97. The van der Waals surface area contributed by atoms with Crippen molar-refractivity contribution in [1.29, 1.82) is 0 Å². The molecule has 1 saturated heterocycles. The number of hydrogen-bond acceptors (Lipinski definition) is 9. The monoisotopic (exact) mass is 514 g/mol. The number of Topliss-reactive ketones (excluding diaryl/α,β-unsaturated/α-hetero) is 1. The molecule has 0 aromatic carbocycles. The number of epoxide rings is 1. The normalized spacial score (nSPS) is 20.8. The largest absolute Gasteiger partial charge is 0.391 e. The van der Waals surface area contributed by atoms with Crippen LogP contribution in [0.3, 0.4) is 0 Å². The molecule has 4 amide bonds. The van der Waals surface area contributed by atoms with Crippen molar-refractivity contribution < 1.29 is 33.8 Å². The minimum absolute atomic E-state index is 0.0926. The molecule has 1 rings (SSSR count). The van der Waals surface area contributed by atoms with Crippen LogP contribution in [-0.4, -0.2) is 90.1 Å². The average molecular weight is 515 g/mol. The second-order valence-corrected chi connectivity index (χ2v) is 9.15. The highest BCUT2D eigenvalue weighted by atomic mass is 16.6. The number of aliphatic hydroxyl groups is 1. The van der Waals surface area contributed by atoms with Crippen molar-refractivity contribution in [2.24, 2.45) is 11.5 Å². The summed E-state index contributed by atoms with van der Waals surface area (Å²) in [5, 5.41) is 20.0. The zero-order valence-corrected chi connectivity index (χ0v) is 21.5. The summed E-state index contributed by atoms with van der Waals surface area (Å²) >= 11 is 0. The van der Waals surface area contributed by atoms with Gasteiger partial charge in [0.05, 0.1) is 18.2 Å². The average Bonchev–Trinajstić information content (AvgIpc) is 3.55. The van der Waals surface area contributed by atoms with Gasteiger partial charge >= 0.3 is 0 Å². The number of hydrogen-bond donors (Lipinski definition) is 7. The van der Waals surface area contributed by atoms with Gasteiger partial charge in [-0.3, -0.25) is 24.0 Å². The van der Waals surface area contributed by atoms with E-state index in [2.05, 4.69) is 21.3 Å². The zero-order chi connectivity index (χ0) is 27.4. The molecule has 0 bridgehead atoms. The highest BCUT2D eigenvalue weighted by Gasteiger charge is 2.43. The molecule has 7 atom stereocenters. The Bertz CT molecular complexity index is 778. The summed E-state index contributed by atoms with van der Waals surface area (Å²) in [4.78, 5) is 62.5. The maximum atomic E-state index is 12.8. The van der Waals surface area contributed by atoms with Gasteiger partial charge in [-0.1, -0.05) is 0 Å². The van der Waals surface area contributed by atoms with Gasteiger partial charge in [-0.05, 0) is 66.5 Å². The second kappa shape index (κ2) is 15.5. The Morgan fingerprint density at radius 2 is 1.42 bits per heavy atom. The Morgan fingerprint density at radius 3 is 1.94 bits per heavy atom. The van der Waals surface area contributed by atoms with E-state index in [1.807, 2.05) is 0 Å². The minimum atomic E-state index is -1.27. The van der Waals surface area contributed by atoms with Gasteiger partial charge < -0.3 is 42.6 Å². The summed E-state index contributed by atoms with van der Waals surface area (Å²) in [7, 11) is 0. The summed E-state index contributed by atoms with van der Waals surface area (Å²) in [5.74, 6) is -2.64. The first-order valence-corrected chi connectivity index (χ1v) is 12.4. The number of nitrogens with two attached hydrogens (primary N) is 2. The third-order valence-electron chi connectivity index (χ3n) is 5.80. The van der Waals surface area contributed by atoms with E-state index in [0.29, 0.717) is 32.4 Å². The van der Waals surface area contributed by atoms with Gasteiger partial charge in [0, 0.05) is 6.42 Å². The molecule has 7 unspecified atom stereocenters. The van der Waals surface area contributed by atoms with E-state index in [-0.39, 0.29) is 24.7 Å². The van der Waals surface area contributed by atoms with Crippen LogP contribution in [0, 0.1) is 0 Å². The second-order valence-electron chi connectivity index (χ2n) is 9.15. The van der Waals surface area contributed by atoms with E-state index >= 15 is 0 Å². The molecule has 13 heteroatoms. The SMILES string of the molecule is CC(NC(=O)C(NC(=O)CCCN)C(C)O)C(=O)NC(CCCCN)C(=O)NC(C)C(=O)C1OC1C. The number of nitrogens with one attached hydrogen (secondary N) is 4. The number of unbranched alkanes of at least 4 members (excludes halogenated alkanes) is 1. The molecule has 0 radical (unpaired) electrons. The third kappa shape index (κ3) is 10.6. The predicted octanol–water partition coefficient (Wildman–Crippen LogP) is -2.43. The molecular formula is C23H42N6O7. The zero-order valence-electron chi connectivity index (χ0n) is 21.5. The Kier molecular flexibility index (Phi) is 13.5. The fourth-order valence-electron chi connectivity index (χ4n) is 3.46. The van der Waals surface area contributed by atoms with Gasteiger partial charge in [0.2, 0.25) is 23.6 Å². The molecule has 0 saturated carbocycles. The Balaban J connectivity index is 2.75. The van der Waals surface area contributed by atoms with E-state index in [4.69, 9.17) is 16.2 Å². The van der Waals surface area contributed by atoms with Gasteiger partial charge in [0.15, 0.2) is 5.78 Å². The van der Waals surface area contributed by atoms with E-state index < -0.39 is 60.0 Å².